The fraction of sp³-hybridized carbons (Fsp3) is 0.571. The molecule has 0 spiro atoms. The van der Waals surface area contributed by atoms with Gasteiger partial charge in [0.1, 0.15) is 0 Å². The summed E-state index contributed by atoms with van der Waals surface area (Å²) in [5.74, 6) is 0.715. The fourth-order valence-electron chi connectivity index (χ4n) is 2.55. The molecule has 2 rings (SSSR count). The molecule has 1 saturated carbocycles. The van der Waals surface area contributed by atoms with E-state index in [4.69, 9.17) is 0 Å². The van der Waals surface area contributed by atoms with Gasteiger partial charge in [0.2, 0.25) is 11.8 Å². The molecule has 1 aliphatic carbocycles. The maximum atomic E-state index is 12.3. The lowest BCUT2D eigenvalue weighted by atomic mass is 9.84. The van der Waals surface area contributed by atoms with Gasteiger partial charge in [0.15, 0.2) is 12.4 Å². The predicted molar refractivity (Wildman–Crippen MR) is 62.9 cm³/mol. The van der Waals surface area contributed by atoms with Gasteiger partial charge >= 0.3 is 0 Å². The number of rotatable bonds is 3. The van der Waals surface area contributed by atoms with Gasteiger partial charge in [-0.25, -0.2) is 0 Å². The smallest absolute Gasteiger partial charge is 0.213 e. The summed E-state index contributed by atoms with van der Waals surface area (Å²) >= 11 is 0. The van der Waals surface area contributed by atoms with Gasteiger partial charge in [0, 0.05) is 25.0 Å². The summed E-state index contributed by atoms with van der Waals surface area (Å²) < 4.78 is 2.01. The molecular weight excluding hydrogens is 198 g/mol. The molecule has 0 N–H and O–H groups in total. The van der Waals surface area contributed by atoms with Gasteiger partial charge in [-0.1, -0.05) is 25.3 Å². The zero-order chi connectivity index (χ0) is 11.4. The summed E-state index contributed by atoms with van der Waals surface area (Å²) in [7, 11) is 0. The number of hydrogen-bond acceptors (Lipinski definition) is 1. The molecule has 0 aliphatic heterocycles. The number of hydrogen-bond donors (Lipinski definition) is 0. The Labute approximate surface area is 97.3 Å². The number of nitrogens with zero attached hydrogens (tertiary/aromatic N) is 1. The van der Waals surface area contributed by atoms with Crippen LogP contribution >= 0.6 is 0 Å². The number of pyridine rings is 1. The van der Waals surface area contributed by atoms with Crippen LogP contribution in [-0.2, 0) is 4.79 Å². The van der Waals surface area contributed by atoms with E-state index < -0.39 is 0 Å². The Kier molecular flexibility index (Phi) is 3.70. The molecule has 2 nitrogen and oxygen atoms in total. The molecule has 0 saturated heterocycles. The highest BCUT2D eigenvalue weighted by Gasteiger charge is 2.30. The first-order valence-corrected chi connectivity index (χ1v) is 6.28. The Morgan fingerprint density at radius 2 is 1.75 bits per heavy atom. The topological polar surface area (TPSA) is 20.9 Å². The van der Waals surface area contributed by atoms with Gasteiger partial charge in [-0.15, -0.1) is 0 Å². The summed E-state index contributed by atoms with van der Waals surface area (Å²) in [5.41, 5.74) is 0. The molecular formula is C14H20NO+. The second-order valence-corrected chi connectivity index (χ2v) is 4.74. The standard InChI is InChI=1S/C14H20NO/c1-12(15-10-6-3-7-11-15)14(16)13-8-4-2-5-9-13/h3,6-7,10-13H,2,4-5,8-9H2,1H3/q+1. The van der Waals surface area contributed by atoms with Crippen LogP contribution < -0.4 is 4.57 Å². The van der Waals surface area contributed by atoms with Crippen molar-refractivity contribution in [3.8, 4) is 0 Å². The van der Waals surface area contributed by atoms with Crippen molar-refractivity contribution >= 4 is 5.78 Å². The third-order valence-corrected chi connectivity index (χ3v) is 3.61. The van der Waals surface area contributed by atoms with Crippen LogP contribution in [-0.4, -0.2) is 5.78 Å². The zero-order valence-electron chi connectivity index (χ0n) is 9.93. The van der Waals surface area contributed by atoms with Gasteiger partial charge in [0.25, 0.3) is 0 Å². The van der Waals surface area contributed by atoms with E-state index in [-0.39, 0.29) is 6.04 Å². The van der Waals surface area contributed by atoms with E-state index in [0.29, 0.717) is 11.7 Å². The summed E-state index contributed by atoms with van der Waals surface area (Å²) in [6.45, 7) is 2.01. The minimum Gasteiger partial charge on any atom is -0.292 e. The Morgan fingerprint density at radius 3 is 2.38 bits per heavy atom. The van der Waals surface area contributed by atoms with E-state index in [1.165, 1.54) is 19.3 Å². The maximum Gasteiger partial charge on any atom is 0.213 e. The minimum atomic E-state index is -0.00991. The highest BCUT2D eigenvalue weighted by Crippen LogP contribution is 2.26. The van der Waals surface area contributed by atoms with Crippen molar-refractivity contribution in [3.05, 3.63) is 30.6 Å². The van der Waals surface area contributed by atoms with Crippen LogP contribution in [0.3, 0.4) is 0 Å². The van der Waals surface area contributed by atoms with Crippen molar-refractivity contribution < 1.29 is 9.36 Å². The van der Waals surface area contributed by atoms with Crippen LogP contribution in [0, 0.1) is 5.92 Å². The quantitative estimate of drug-likeness (QED) is 0.715. The summed E-state index contributed by atoms with van der Waals surface area (Å²) in [4.78, 5) is 12.3. The van der Waals surface area contributed by atoms with Crippen molar-refractivity contribution in [1.29, 1.82) is 0 Å². The second kappa shape index (κ2) is 5.24. The monoisotopic (exact) mass is 218 g/mol. The third kappa shape index (κ3) is 2.49. The molecule has 1 heterocycles. The SMILES string of the molecule is CC(C(=O)C1CCCCC1)[n+]1ccccc1. The van der Waals surface area contributed by atoms with E-state index in [9.17, 15) is 4.79 Å². The average Bonchev–Trinajstić information content (AvgIpc) is 2.39. The largest absolute Gasteiger partial charge is 0.292 e. The Hall–Kier alpha value is -1.18. The lowest BCUT2D eigenvalue weighted by Gasteiger charge is -2.21. The first-order chi connectivity index (χ1) is 7.79. The van der Waals surface area contributed by atoms with Crippen LogP contribution in [0.1, 0.15) is 45.1 Å². The predicted octanol–water partition coefficient (Wildman–Crippen LogP) is 2.68. The average molecular weight is 218 g/mol. The lowest BCUT2D eigenvalue weighted by Crippen LogP contribution is -2.44. The van der Waals surface area contributed by atoms with Crippen molar-refractivity contribution in [2.45, 2.75) is 45.1 Å². The van der Waals surface area contributed by atoms with Gasteiger partial charge in [-0.3, -0.25) is 4.79 Å². The summed E-state index contributed by atoms with van der Waals surface area (Å²) in [6.07, 6.45) is 9.89. The highest BCUT2D eigenvalue weighted by atomic mass is 16.1. The van der Waals surface area contributed by atoms with Crippen molar-refractivity contribution in [2.24, 2.45) is 5.92 Å². The molecule has 0 radical (unpaired) electrons. The van der Waals surface area contributed by atoms with Gasteiger partial charge < -0.3 is 0 Å². The van der Waals surface area contributed by atoms with Crippen LogP contribution in [0.2, 0.25) is 0 Å². The minimum absolute atomic E-state index is 0.00991. The van der Waals surface area contributed by atoms with Crippen molar-refractivity contribution in [1.82, 2.24) is 0 Å². The lowest BCUT2D eigenvalue weighted by molar-refractivity contribution is -0.706. The molecule has 0 bridgehead atoms. The van der Waals surface area contributed by atoms with Crippen LogP contribution in [0.15, 0.2) is 30.6 Å². The maximum absolute atomic E-state index is 12.3. The van der Waals surface area contributed by atoms with E-state index in [1.807, 2.05) is 42.1 Å². The molecule has 16 heavy (non-hydrogen) atoms. The van der Waals surface area contributed by atoms with Gasteiger partial charge in [-0.2, -0.15) is 4.57 Å². The number of carbonyl (C=O) groups excluding carboxylic acids is 1. The molecule has 0 amide bonds. The van der Waals surface area contributed by atoms with Crippen LogP contribution in [0.5, 0.6) is 0 Å². The number of aromatic nitrogens is 1. The van der Waals surface area contributed by atoms with Crippen molar-refractivity contribution in [2.75, 3.05) is 0 Å². The molecule has 1 unspecified atom stereocenters. The molecule has 1 fully saturated rings. The Bertz CT molecular complexity index is 341. The molecule has 1 atom stereocenters. The second-order valence-electron chi connectivity index (χ2n) is 4.74. The first-order valence-electron chi connectivity index (χ1n) is 6.28. The van der Waals surface area contributed by atoms with Gasteiger partial charge in [-0.05, 0) is 12.8 Å². The zero-order valence-corrected chi connectivity index (χ0v) is 9.93. The molecule has 2 heteroatoms. The van der Waals surface area contributed by atoms with Gasteiger partial charge in [0.05, 0.1) is 0 Å². The van der Waals surface area contributed by atoms with Crippen LogP contribution in [0.25, 0.3) is 0 Å². The molecule has 1 aromatic heterocycles. The van der Waals surface area contributed by atoms with Crippen molar-refractivity contribution in [3.63, 3.8) is 0 Å². The Balaban J connectivity index is 2.04. The highest BCUT2D eigenvalue weighted by molar-refractivity contribution is 5.83. The normalized spacial score (nSPS) is 19.3. The van der Waals surface area contributed by atoms with E-state index in [1.54, 1.807) is 0 Å². The first kappa shape index (κ1) is 11.3. The summed E-state index contributed by atoms with van der Waals surface area (Å²) in [6, 6.07) is 5.92. The molecule has 0 aromatic carbocycles. The number of ketones is 1. The fourth-order valence-corrected chi connectivity index (χ4v) is 2.55. The molecule has 1 aromatic rings. The molecule has 1 aliphatic rings. The van der Waals surface area contributed by atoms with Crippen LogP contribution in [0.4, 0.5) is 0 Å². The molecule has 86 valence electrons. The Morgan fingerprint density at radius 1 is 1.12 bits per heavy atom. The van der Waals surface area contributed by atoms with E-state index >= 15 is 0 Å². The van der Waals surface area contributed by atoms with E-state index in [0.717, 1.165) is 12.8 Å². The number of Topliss-reactive ketones (excluding diaryl/α,β-unsaturated/α-hetero) is 1. The number of carbonyl (C=O) groups is 1. The van der Waals surface area contributed by atoms with E-state index in [2.05, 4.69) is 0 Å². The third-order valence-electron chi connectivity index (χ3n) is 3.61. The summed E-state index contributed by atoms with van der Waals surface area (Å²) in [5, 5.41) is 0.